The summed E-state index contributed by atoms with van der Waals surface area (Å²) >= 11 is 1.44. The van der Waals surface area contributed by atoms with Gasteiger partial charge in [-0.05, 0) is 61.5 Å². The number of hydrogen-bond donors (Lipinski definition) is 2. The number of rotatable bonds is 8. The fourth-order valence-electron chi connectivity index (χ4n) is 3.68. The molecule has 3 aromatic rings. The molecule has 174 valence electrons. The van der Waals surface area contributed by atoms with Gasteiger partial charge in [0.05, 0.1) is 10.9 Å². The number of nitrogens with one attached hydrogen (secondary N) is 2. The van der Waals surface area contributed by atoms with E-state index < -0.39 is 0 Å². The molecule has 0 aliphatic carbocycles. The van der Waals surface area contributed by atoms with E-state index in [-0.39, 0.29) is 24.0 Å². The van der Waals surface area contributed by atoms with Gasteiger partial charge in [-0.25, -0.2) is 4.79 Å². The minimum atomic E-state index is -0.252. The number of thiophene rings is 1. The summed E-state index contributed by atoms with van der Waals surface area (Å²) in [4.78, 5) is 30.4. The maximum absolute atomic E-state index is 13.5. The van der Waals surface area contributed by atoms with Gasteiger partial charge in [-0.3, -0.25) is 4.79 Å². The van der Waals surface area contributed by atoms with Crippen LogP contribution in [0.1, 0.15) is 47.6 Å². The third-order valence-corrected chi connectivity index (χ3v) is 6.18. The quantitative estimate of drug-likeness (QED) is 0.446. The number of urea groups is 1. The summed E-state index contributed by atoms with van der Waals surface area (Å²) in [5, 5.41) is 7.66. The lowest BCUT2D eigenvalue weighted by Crippen LogP contribution is -2.34. The maximum atomic E-state index is 13.5. The Bertz CT molecular complexity index is 1070. The van der Waals surface area contributed by atoms with Crippen molar-refractivity contribution in [1.82, 2.24) is 10.2 Å². The Morgan fingerprint density at radius 1 is 0.970 bits per heavy atom. The van der Waals surface area contributed by atoms with Crippen LogP contribution in [0.15, 0.2) is 66.0 Å². The Kier molecular flexibility index (Phi) is 8.11. The van der Waals surface area contributed by atoms with Crippen molar-refractivity contribution in [2.45, 2.75) is 39.4 Å². The minimum absolute atomic E-state index is 0.0121. The van der Waals surface area contributed by atoms with Gasteiger partial charge in [-0.2, -0.15) is 0 Å². The zero-order chi connectivity index (χ0) is 24.0. The molecule has 2 aromatic carbocycles. The molecular weight excluding hydrogens is 432 g/mol. The lowest BCUT2D eigenvalue weighted by molar-refractivity contribution is 0.0679. The van der Waals surface area contributed by atoms with Crippen molar-refractivity contribution in [3.8, 4) is 0 Å². The van der Waals surface area contributed by atoms with Gasteiger partial charge in [0.1, 0.15) is 0 Å². The van der Waals surface area contributed by atoms with Crippen molar-refractivity contribution in [3.05, 3.63) is 82.0 Å². The molecule has 0 aliphatic heterocycles. The third-order valence-electron chi connectivity index (χ3n) is 5.32. The SMILES string of the molecule is CC(C)NC(=O)Nc1ccc(N(C)C)c(CN(C(=O)c2cccs2)C(C)c2ccccc2)c1. The van der Waals surface area contributed by atoms with E-state index in [0.717, 1.165) is 16.8 Å². The molecule has 0 aliphatic rings. The van der Waals surface area contributed by atoms with Crippen LogP contribution in [0.5, 0.6) is 0 Å². The highest BCUT2D eigenvalue weighted by Crippen LogP contribution is 2.30. The lowest BCUT2D eigenvalue weighted by Gasteiger charge is -2.31. The minimum Gasteiger partial charge on any atom is -0.377 e. The van der Waals surface area contributed by atoms with Crippen LogP contribution in [0.3, 0.4) is 0 Å². The summed E-state index contributed by atoms with van der Waals surface area (Å²) in [6.45, 7) is 6.29. The second kappa shape index (κ2) is 11.0. The highest BCUT2D eigenvalue weighted by Gasteiger charge is 2.25. The zero-order valence-corrected chi connectivity index (χ0v) is 20.6. The van der Waals surface area contributed by atoms with Gasteiger partial charge in [0, 0.05) is 38.1 Å². The highest BCUT2D eigenvalue weighted by molar-refractivity contribution is 7.12. The molecule has 3 amide bonds. The topological polar surface area (TPSA) is 64.7 Å². The molecule has 0 fully saturated rings. The number of hydrogen-bond acceptors (Lipinski definition) is 4. The normalized spacial score (nSPS) is 11.7. The van der Waals surface area contributed by atoms with Crippen molar-refractivity contribution in [1.29, 1.82) is 0 Å². The van der Waals surface area contributed by atoms with Gasteiger partial charge >= 0.3 is 6.03 Å². The largest absolute Gasteiger partial charge is 0.377 e. The molecule has 0 saturated heterocycles. The fourth-order valence-corrected chi connectivity index (χ4v) is 4.36. The summed E-state index contributed by atoms with van der Waals surface area (Å²) in [7, 11) is 3.95. The number of nitrogens with zero attached hydrogens (tertiary/aromatic N) is 2. The molecule has 2 N–H and O–H groups in total. The van der Waals surface area contributed by atoms with Crippen molar-refractivity contribution in [2.75, 3.05) is 24.3 Å². The van der Waals surface area contributed by atoms with Crippen LogP contribution >= 0.6 is 11.3 Å². The highest BCUT2D eigenvalue weighted by atomic mass is 32.1. The zero-order valence-electron chi connectivity index (χ0n) is 19.8. The van der Waals surface area contributed by atoms with Crippen molar-refractivity contribution >= 4 is 34.6 Å². The maximum Gasteiger partial charge on any atom is 0.319 e. The molecule has 33 heavy (non-hydrogen) atoms. The molecular formula is C26H32N4O2S. The monoisotopic (exact) mass is 464 g/mol. The Hall–Kier alpha value is -3.32. The Balaban J connectivity index is 1.97. The van der Waals surface area contributed by atoms with Crippen LogP contribution in [0.2, 0.25) is 0 Å². The summed E-state index contributed by atoms with van der Waals surface area (Å²) in [5.41, 5.74) is 3.70. The second-order valence-electron chi connectivity index (χ2n) is 8.49. The Labute approximate surface area is 200 Å². The first-order valence-electron chi connectivity index (χ1n) is 11.0. The predicted molar refractivity (Wildman–Crippen MR) is 137 cm³/mol. The van der Waals surface area contributed by atoms with Crippen LogP contribution in [-0.4, -0.2) is 37.0 Å². The molecule has 1 atom stereocenters. The average molecular weight is 465 g/mol. The Morgan fingerprint density at radius 2 is 1.70 bits per heavy atom. The molecule has 0 spiro atoms. The van der Waals surface area contributed by atoms with Gasteiger partial charge in [0.25, 0.3) is 5.91 Å². The first-order chi connectivity index (χ1) is 15.8. The van der Waals surface area contributed by atoms with Crippen LogP contribution in [0, 0.1) is 0 Å². The van der Waals surface area contributed by atoms with Gasteiger partial charge in [0.2, 0.25) is 0 Å². The van der Waals surface area contributed by atoms with Crippen LogP contribution in [0.4, 0.5) is 16.2 Å². The molecule has 6 nitrogen and oxygen atoms in total. The summed E-state index contributed by atoms with van der Waals surface area (Å²) in [6.07, 6.45) is 0. The number of amides is 3. The van der Waals surface area contributed by atoms with E-state index in [4.69, 9.17) is 0 Å². The van der Waals surface area contributed by atoms with E-state index in [1.807, 2.05) is 111 Å². The number of anilines is 2. The Morgan fingerprint density at radius 3 is 2.30 bits per heavy atom. The van der Waals surface area contributed by atoms with E-state index in [9.17, 15) is 9.59 Å². The van der Waals surface area contributed by atoms with E-state index in [0.29, 0.717) is 17.1 Å². The summed E-state index contributed by atoms with van der Waals surface area (Å²) in [5.74, 6) is -0.0121. The molecule has 7 heteroatoms. The predicted octanol–water partition coefficient (Wildman–Crippen LogP) is 5.75. The lowest BCUT2D eigenvalue weighted by atomic mass is 10.0. The standard InChI is InChI=1S/C26H32N4O2S/c1-18(2)27-26(32)28-22-13-14-23(29(4)5)21(16-22)17-30(25(31)24-12-9-15-33-24)19(3)20-10-7-6-8-11-20/h6-16,18-19H,17H2,1-5H3,(H2,27,28,32). The van der Waals surface area contributed by atoms with Gasteiger partial charge in [-0.1, -0.05) is 36.4 Å². The molecule has 1 heterocycles. The van der Waals surface area contributed by atoms with Crippen LogP contribution in [0.25, 0.3) is 0 Å². The molecule has 3 rings (SSSR count). The summed E-state index contributed by atoms with van der Waals surface area (Å²) < 4.78 is 0. The second-order valence-corrected chi connectivity index (χ2v) is 9.44. The van der Waals surface area contributed by atoms with Gasteiger partial charge in [-0.15, -0.1) is 11.3 Å². The fraction of sp³-hybridized carbons (Fsp3) is 0.308. The van der Waals surface area contributed by atoms with E-state index in [1.54, 1.807) is 0 Å². The number of carbonyl (C=O) groups is 2. The average Bonchev–Trinajstić information content (AvgIpc) is 3.31. The molecule has 1 aromatic heterocycles. The summed E-state index contributed by atoms with van der Waals surface area (Å²) in [6, 6.07) is 19.2. The van der Waals surface area contributed by atoms with Crippen molar-refractivity contribution in [3.63, 3.8) is 0 Å². The van der Waals surface area contributed by atoms with Gasteiger partial charge in [0.15, 0.2) is 0 Å². The van der Waals surface area contributed by atoms with Crippen LogP contribution in [-0.2, 0) is 6.54 Å². The molecule has 0 bridgehead atoms. The van der Waals surface area contributed by atoms with E-state index in [2.05, 4.69) is 10.6 Å². The first kappa shape index (κ1) is 24.3. The molecule has 0 radical (unpaired) electrons. The van der Waals surface area contributed by atoms with Gasteiger partial charge < -0.3 is 20.4 Å². The van der Waals surface area contributed by atoms with E-state index >= 15 is 0 Å². The molecule has 1 unspecified atom stereocenters. The van der Waals surface area contributed by atoms with Crippen molar-refractivity contribution < 1.29 is 9.59 Å². The molecule has 0 saturated carbocycles. The van der Waals surface area contributed by atoms with E-state index in [1.165, 1.54) is 11.3 Å². The smallest absolute Gasteiger partial charge is 0.319 e. The number of carbonyl (C=O) groups excluding carboxylic acids is 2. The van der Waals surface area contributed by atoms with Crippen molar-refractivity contribution in [2.24, 2.45) is 0 Å². The first-order valence-corrected chi connectivity index (χ1v) is 11.9. The third kappa shape index (κ3) is 6.35. The number of benzene rings is 2. The van der Waals surface area contributed by atoms with Crippen LogP contribution < -0.4 is 15.5 Å².